The number of hydrogen-bond donors (Lipinski definition) is 7. The number of hydrogen-bond acceptors (Lipinski definition) is 6. The van der Waals surface area contributed by atoms with Crippen molar-refractivity contribution >= 4 is 40.6 Å². The summed E-state index contributed by atoms with van der Waals surface area (Å²) in [4.78, 5) is 64.4. The average molecular weight is 524 g/mol. The number of aliphatic carboxylic acids is 2. The van der Waals surface area contributed by atoms with Crippen molar-refractivity contribution in [2.75, 3.05) is 6.54 Å². The minimum atomic E-state index is -1.50. The van der Waals surface area contributed by atoms with Crippen molar-refractivity contribution < 1.29 is 34.2 Å². The van der Waals surface area contributed by atoms with Gasteiger partial charge in [-0.15, -0.1) is 0 Å². The zero-order valence-electron chi connectivity index (χ0n) is 20.3. The van der Waals surface area contributed by atoms with Gasteiger partial charge in [-0.05, 0) is 17.2 Å². The molecule has 0 spiro atoms. The molecule has 0 aliphatic carbocycles. The topological polar surface area (TPSA) is 204 Å². The quantitative estimate of drug-likeness (QED) is 0.161. The number of carboxylic acids is 2. The molecule has 1 aromatic heterocycles. The second-order valence-corrected chi connectivity index (χ2v) is 8.64. The molecule has 0 aliphatic heterocycles. The number of carbonyl (C=O) groups excluding carboxylic acids is 3. The van der Waals surface area contributed by atoms with Crippen molar-refractivity contribution in [3.8, 4) is 0 Å². The molecular formula is C26H29N5O7. The van der Waals surface area contributed by atoms with Gasteiger partial charge in [0.25, 0.3) is 0 Å². The molecule has 3 atom stereocenters. The molecule has 3 rings (SSSR count). The summed E-state index contributed by atoms with van der Waals surface area (Å²) in [5.41, 5.74) is 7.41. The number of aromatic nitrogens is 1. The zero-order valence-corrected chi connectivity index (χ0v) is 20.3. The molecule has 1 heterocycles. The molecule has 12 nitrogen and oxygen atoms in total. The van der Waals surface area contributed by atoms with E-state index in [9.17, 15) is 34.2 Å². The number of fused-ring (bicyclic) bond motifs is 1. The largest absolute Gasteiger partial charge is 0.481 e. The first kappa shape index (κ1) is 27.9. The molecule has 0 bridgehead atoms. The Morgan fingerprint density at radius 1 is 0.789 bits per heavy atom. The molecule has 200 valence electrons. The highest BCUT2D eigenvalue weighted by molar-refractivity contribution is 5.95. The Morgan fingerprint density at radius 2 is 1.42 bits per heavy atom. The van der Waals surface area contributed by atoms with Crippen LogP contribution >= 0.6 is 0 Å². The van der Waals surface area contributed by atoms with Crippen LogP contribution in [0.5, 0.6) is 0 Å². The molecule has 8 N–H and O–H groups in total. The number of benzene rings is 2. The van der Waals surface area contributed by atoms with Crippen molar-refractivity contribution in [3.05, 3.63) is 71.9 Å². The molecule has 3 unspecified atom stereocenters. The number of amides is 3. The van der Waals surface area contributed by atoms with Gasteiger partial charge in [-0.3, -0.25) is 19.2 Å². The number of para-hydroxylation sites is 1. The molecule has 0 radical (unpaired) electrons. The van der Waals surface area contributed by atoms with E-state index in [1.165, 1.54) is 0 Å². The molecule has 38 heavy (non-hydrogen) atoms. The third kappa shape index (κ3) is 7.64. The highest BCUT2D eigenvalue weighted by atomic mass is 16.4. The van der Waals surface area contributed by atoms with Crippen molar-refractivity contribution in [3.63, 3.8) is 0 Å². The predicted octanol–water partition coefficient (Wildman–Crippen LogP) is -0.0745. The van der Waals surface area contributed by atoms with Gasteiger partial charge in [-0.2, -0.15) is 0 Å². The lowest BCUT2D eigenvalue weighted by molar-refractivity contribution is -0.143. The Balaban J connectivity index is 1.86. The van der Waals surface area contributed by atoms with Gasteiger partial charge >= 0.3 is 11.9 Å². The first-order valence-electron chi connectivity index (χ1n) is 11.8. The van der Waals surface area contributed by atoms with E-state index in [0.29, 0.717) is 11.1 Å². The summed E-state index contributed by atoms with van der Waals surface area (Å²) in [5.74, 6) is -5.08. The Bertz CT molecular complexity index is 1310. The van der Waals surface area contributed by atoms with Crippen LogP contribution in [0.3, 0.4) is 0 Å². The number of H-pyrrole nitrogens is 1. The normalized spacial score (nSPS) is 13.2. The summed E-state index contributed by atoms with van der Waals surface area (Å²) in [6.07, 6.45) is 0.888. The molecular weight excluding hydrogens is 494 g/mol. The average Bonchev–Trinajstić information content (AvgIpc) is 3.30. The first-order valence-corrected chi connectivity index (χ1v) is 11.8. The van der Waals surface area contributed by atoms with Gasteiger partial charge < -0.3 is 36.9 Å². The smallest absolute Gasteiger partial charge is 0.326 e. The van der Waals surface area contributed by atoms with Crippen LogP contribution in [0.2, 0.25) is 0 Å². The monoisotopic (exact) mass is 523 g/mol. The zero-order chi connectivity index (χ0) is 27.7. The summed E-state index contributed by atoms with van der Waals surface area (Å²) in [7, 11) is 0. The predicted molar refractivity (Wildman–Crippen MR) is 137 cm³/mol. The Kier molecular flexibility index (Phi) is 9.54. The second kappa shape index (κ2) is 13.0. The van der Waals surface area contributed by atoms with Crippen molar-refractivity contribution in [1.29, 1.82) is 0 Å². The Labute approximate surface area is 217 Å². The van der Waals surface area contributed by atoms with E-state index in [1.54, 1.807) is 42.6 Å². The minimum absolute atomic E-state index is 0.00383. The lowest BCUT2D eigenvalue weighted by Gasteiger charge is -2.24. The first-order chi connectivity index (χ1) is 18.2. The molecule has 0 aliphatic rings. The van der Waals surface area contributed by atoms with Crippen LogP contribution in [0.25, 0.3) is 10.9 Å². The van der Waals surface area contributed by atoms with Gasteiger partial charge in [0.2, 0.25) is 17.7 Å². The minimum Gasteiger partial charge on any atom is -0.481 e. The van der Waals surface area contributed by atoms with Crippen LogP contribution in [-0.2, 0) is 36.8 Å². The molecule has 3 aromatic rings. The fourth-order valence-electron chi connectivity index (χ4n) is 3.96. The molecule has 2 aromatic carbocycles. The van der Waals surface area contributed by atoms with Crippen LogP contribution < -0.4 is 21.7 Å². The molecule has 0 saturated heterocycles. The standard InChI is InChI=1S/C26H29N5O7/c27-13-22(32)29-20(12-23(33)34)25(36)30-19(11-16-14-28-18-9-5-4-8-17(16)18)24(35)31-21(26(37)38)10-15-6-2-1-3-7-15/h1-9,14,19-21,28H,10-13,27H2,(H,29,32)(H,30,36)(H,31,35)(H,33,34)(H,37,38). The van der Waals surface area contributed by atoms with Crippen molar-refractivity contribution in [2.45, 2.75) is 37.4 Å². The van der Waals surface area contributed by atoms with Crippen LogP contribution in [0.1, 0.15) is 17.5 Å². The summed E-state index contributed by atoms with van der Waals surface area (Å²) >= 11 is 0. The highest BCUT2D eigenvalue weighted by Crippen LogP contribution is 2.19. The summed E-state index contributed by atoms with van der Waals surface area (Å²) < 4.78 is 0. The summed E-state index contributed by atoms with van der Waals surface area (Å²) in [6, 6.07) is 11.9. The fourth-order valence-corrected chi connectivity index (χ4v) is 3.96. The molecule has 3 amide bonds. The van der Waals surface area contributed by atoms with Crippen molar-refractivity contribution in [1.82, 2.24) is 20.9 Å². The summed E-state index contributed by atoms with van der Waals surface area (Å²) in [6.45, 7) is -0.470. The third-order valence-corrected chi connectivity index (χ3v) is 5.85. The number of aromatic amines is 1. The van der Waals surface area contributed by atoms with Gasteiger partial charge in [-0.1, -0.05) is 48.5 Å². The van der Waals surface area contributed by atoms with E-state index >= 15 is 0 Å². The lowest BCUT2D eigenvalue weighted by Crippen LogP contribution is -2.57. The van der Waals surface area contributed by atoms with Crippen LogP contribution in [0.15, 0.2) is 60.8 Å². The number of nitrogens with two attached hydrogens (primary N) is 1. The number of carbonyl (C=O) groups is 5. The highest BCUT2D eigenvalue weighted by Gasteiger charge is 2.31. The van der Waals surface area contributed by atoms with E-state index in [0.717, 1.165) is 10.9 Å². The van der Waals surface area contributed by atoms with Crippen LogP contribution in [-0.4, -0.2) is 69.5 Å². The van der Waals surface area contributed by atoms with Crippen LogP contribution in [0.4, 0.5) is 0 Å². The van der Waals surface area contributed by atoms with E-state index < -0.39 is 60.8 Å². The van der Waals surface area contributed by atoms with Gasteiger partial charge in [0.15, 0.2) is 0 Å². The molecule has 0 fully saturated rings. The lowest BCUT2D eigenvalue weighted by atomic mass is 10.0. The van der Waals surface area contributed by atoms with E-state index in [-0.39, 0.29) is 12.8 Å². The second-order valence-electron chi connectivity index (χ2n) is 8.64. The molecule has 0 saturated carbocycles. The number of rotatable bonds is 13. The third-order valence-electron chi connectivity index (χ3n) is 5.85. The maximum atomic E-state index is 13.3. The van der Waals surface area contributed by atoms with Gasteiger partial charge in [-0.25, -0.2) is 4.79 Å². The maximum absolute atomic E-state index is 13.3. The van der Waals surface area contributed by atoms with Gasteiger partial charge in [0.05, 0.1) is 13.0 Å². The maximum Gasteiger partial charge on any atom is 0.326 e. The number of nitrogens with one attached hydrogen (secondary N) is 4. The van der Waals surface area contributed by atoms with E-state index in [4.69, 9.17) is 5.73 Å². The van der Waals surface area contributed by atoms with Gasteiger partial charge in [0.1, 0.15) is 18.1 Å². The Morgan fingerprint density at radius 3 is 2.08 bits per heavy atom. The van der Waals surface area contributed by atoms with Crippen LogP contribution in [0, 0.1) is 0 Å². The van der Waals surface area contributed by atoms with Gasteiger partial charge in [0, 0.05) is 29.9 Å². The van der Waals surface area contributed by atoms with E-state index in [1.807, 2.05) is 18.2 Å². The van der Waals surface area contributed by atoms with Crippen molar-refractivity contribution in [2.24, 2.45) is 5.73 Å². The molecule has 12 heteroatoms. The Hall–Kier alpha value is -4.71. The summed E-state index contributed by atoms with van der Waals surface area (Å²) in [5, 5.41) is 26.9. The number of carboxylic acid groups (broad SMARTS) is 2. The SMILES string of the molecule is NCC(=O)NC(CC(=O)O)C(=O)NC(Cc1c[nH]c2ccccc12)C(=O)NC(Cc1ccccc1)C(=O)O. The van der Waals surface area contributed by atoms with E-state index in [2.05, 4.69) is 20.9 Å². The fraction of sp³-hybridized carbons (Fsp3) is 0.269.